The summed E-state index contributed by atoms with van der Waals surface area (Å²) >= 11 is 5.98. The van der Waals surface area contributed by atoms with E-state index in [1.165, 1.54) is 4.90 Å². The van der Waals surface area contributed by atoms with Gasteiger partial charge in [0.05, 0.1) is 12.1 Å². The molecule has 0 unspecified atom stereocenters. The fraction of sp³-hybridized carbons (Fsp3) is 0.0370. The Bertz CT molecular complexity index is 1360. The van der Waals surface area contributed by atoms with Crippen LogP contribution in [0.3, 0.4) is 0 Å². The van der Waals surface area contributed by atoms with Crippen LogP contribution in [0.25, 0.3) is 16.3 Å². The van der Waals surface area contributed by atoms with Gasteiger partial charge in [-0.1, -0.05) is 90.5 Å². The first kappa shape index (κ1) is 20.0. The molecule has 0 atom stereocenters. The number of anilines is 1. The van der Waals surface area contributed by atoms with Gasteiger partial charge < -0.3 is 5.32 Å². The van der Waals surface area contributed by atoms with Crippen LogP contribution in [0.4, 0.5) is 5.69 Å². The standard InChI is InChI=1S/C27H19ClN2O2/c28-21-15-13-18(14-16-21)17-30-26(31)24(20-8-2-1-3-9-20)25(27(30)32)29-23-12-6-10-19-7-4-5-11-22(19)23/h1-16,29H,17H2. The molecule has 0 spiro atoms. The van der Waals surface area contributed by atoms with Crippen molar-refractivity contribution < 1.29 is 9.59 Å². The fourth-order valence-electron chi connectivity index (χ4n) is 3.95. The summed E-state index contributed by atoms with van der Waals surface area (Å²) in [6, 6.07) is 30.2. The summed E-state index contributed by atoms with van der Waals surface area (Å²) < 4.78 is 0. The molecule has 4 aromatic carbocycles. The van der Waals surface area contributed by atoms with E-state index in [4.69, 9.17) is 11.6 Å². The molecule has 156 valence electrons. The SMILES string of the molecule is O=C1C(Nc2cccc3ccccc23)=C(c2ccccc2)C(=O)N1Cc1ccc(Cl)cc1. The van der Waals surface area contributed by atoms with Crippen molar-refractivity contribution in [2.45, 2.75) is 6.54 Å². The highest BCUT2D eigenvalue weighted by Gasteiger charge is 2.39. The molecule has 0 bridgehead atoms. The van der Waals surface area contributed by atoms with Crippen LogP contribution in [0, 0.1) is 0 Å². The first-order valence-corrected chi connectivity index (χ1v) is 10.6. The van der Waals surface area contributed by atoms with Crippen molar-refractivity contribution in [2.24, 2.45) is 0 Å². The van der Waals surface area contributed by atoms with Gasteiger partial charge in [0.2, 0.25) is 0 Å². The second-order valence-electron chi connectivity index (χ2n) is 7.59. The summed E-state index contributed by atoms with van der Waals surface area (Å²) in [6.07, 6.45) is 0. The van der Waals surface area contributed by atoms with E-state index in [9.17, 15) is 9.59 Å². The Morgan fingerprint density at radius 3 is 2.19 bits per heavy atom. The van der Waals surface area contributed by atoms with Crippen molar-refractivity contribution >= 4 is 45.4 Å². The minimum absolute atomic E-state index is 0.173. The zero-order valence-corrected chi connectivity index (χ0v) is 17.8. The first-order valence-electron chi connectivity index (χ1n) is 10.3. The molecule has 1 aliphatic rings. The van der Waals surface area contributed by atoms with E-state index in [0.29, 0.717) is 16.2 Å². The summed E-state index contributed by atoms with van der Waals surface area (Å²) in [5.41, 5.74) is 2.96. The Morgan fingerprint density at radius 1 is 0.719 bits per heavy atom. The van der Waals surface area contributed by atoms with Gasteiger partial charge in [-0.2, -0.15) is 0 Å². The molecule has 0 aromatic heterocycles. The highest BCUT2D eigenvalue weighted by atomic mass is 35.5. The van der Waals surface area contributed by atoms with Crippen LogP contribution in [0.15, 0.2) is 103 Å². The van der Waals surface area contributed by atoms with E-state index < -0.39 is 0 Å². The molecule has 2 amide bonds. The van der Waals surface area contributed by atoms with Gasteiger partial charge in [0.25, 0.3) is 11.8 Å². The largest absolute Gasteiger partial charge is 0.350 e. The predicted molar refractivity (Wildman–Crippen MR) is 128 cm³/mol. The van der Waals surface area contributed by atoms with Gasteiger partial charge in [-0.3, -0.25) is 14.5 Å². The second kappa shape index (κ2) is 8.33. The number of nitrogens with zero attached hydrogens (tertiary/aromatic N) is 1. The molecule has 5 rings (SSSR count). The van der Waals surface area contributed by atoms with Gasteiger partial charge in [0, 0.05) is 16.1 Å². The molecule has 1 aliphatic heterocycles. The first-order chi connectivity index (χ1) is 15.6. The van der Waals surface area contributed by atoms with E-state index in [2.05, 4.69) is 5.32 Å². The van der Waals surface area contributed by atoms with Crippen molar-refractivity contribution in [3.8, 4) is 0 Å². The van der Waals surface area contributed by atoms with Crippen LogP contribution in [0.1, 0.15) is 11.1 Å². The van der Waals surface area contributed by atoms with Crippen molar-refractivity contribution in [2.75, 3.05) is 5.32 Å². The van der Waals surface area contributed by atoms with Crippen molar-refractivity contribution in [1.82, 2.24) is 4.90 Å². The lowest BCUT2D eigenvalue weighted by molar-refractivity contribution is -0.137. The molecule has 5 heteroatoms. The minimum Gasteiger partial charge on any atom is -0.350 e. The molecule has 0 saturated heterocycles. The monoisotopic (exact) mass is 438 g/mol. The van der Waals surface area contributed by atoms with Crippen LogP contribution >= 0.6 is 11.6 Å². The smallest absolute Gasteiger partial charge is 0.278 e. The molecular weight excluding hydrogens is 420 g/mol. The normalized spacial score (nSPS) is 13.8. The van der Waals surface area contributed by atoms with Crippen LogP contribution in [-0.4, -0.2) is 16.7 Å². The maximum atomic E-state index is 13.5. The lowest BCUT2D eigenvalue weighted by Crippen LogP contribution is -2.32. The van der Waals surface area contributed by atoms with Crippen LogP contribution < -0.4 is 5.32 Å². The van der Waals surface area contributed by atoms with E-state index in [-0.39, 0.29) is 24.1 Å². The zero-order valence-electron chi connectivity index (χ0n) is 17.1. The topological polar surface area (TPSA) is 49.4 Å². The third-order valence-electron chi connectivity index (χ3n) is 5.53. The summed E-state index contributed by atoms with van der Waals surface area (Å²) in [5, 5.41) is 5.92. The number of hydrogen-bond donors (Lipinski definition) is 1. The molecule has 1 heterocycles. The van der Waals surface area contributed by atoms with Gasteiger partial charge in [0.15, 0.2) is 0 Å². The Hall–Kier alpha value is -3.89. The van der Waals surface area contributed by atoms with Crippen molar-refractivity contribution in [3.63, 3.8) is 0 Å². The van der Waals surface area contributed by atoms with Crippen LogP contribution in [0.5, 0.6) is 0 Å². The van der Waals surface area contributed by atoms with Gasteiger partial charge in [-0.15, -0.1) is 0 Å². The number of imide groups is 1. The van der Waals surface area contributed by atoms with E-state index in [1.807, 2.05) is 84.9 Å². The number of benzene rings is 4. The van der Waals surface area contributed by atoms with Gasteiger partial charge in [-0.05, 0) is 34.7 Å². The minimum atomic E-state index is -0.350. The molecule has 4 nitrogen and oxygen atoms in total. The van der Waals surface area contributed by atoms with E-state index in [1.54, 1.807) is 12.1 Å². The average Bonchev–Trinajstić information content (AvgIpc) is 3.05. The molecule has 0 fully saturated rings. The summed E-state index contributed by atoms with van der Waals surface area (Å²) in [5.74, 6) is -0.671. The Labute approximate surface area is 190 Å². The zero-order chi connectivity index (χ0) is 22.1. The lowest BCUT2D eigenvalue weighted by atomic mass is 10.0. The molecule has 0 radical (unpaired) electrons. The van der Waals surface area contributed by atoms with E-state index >= 15 is 0 Å². The summed E-state index contributed by atoms with van der Waals surface area (Å²) in [6.45, 7) is 0.173. The Kier molecular flexibility index (Phi) is 5.21. The molecular formula is C27H19ClN2O2. The number of amides is 2. The van der Waals surface area contributed by atoms with Crippen molar-refractivity contribution in [3.05, 3.63) is 119 Å². The molecule has 1 N–H and O–H groups in total. The maximum Gasteiger partial charge on any atom is 0.278 e. The van der Waals surface area contributed by atoms with E-state index in [0.717, 1.165) is 22.0 Å². The molecule has 4 aromatic rings. The number of carbonyl (C=O) groups is 2. The quantitative estimate of drug-likeness (QED) is 0.395. The van der Waals surface area contributed by atoms with Crippen molar-refractivity contribution in [1.29, 1.82) is 0 Å². The average molecular weight is 439 g/mol. The fourth-order valence-corrected chi connectivity index (χ4v) is 4.08. The van der Waals surface area contributed by atoms with Gasteiger partial charge in [0.1, 0.15) is 5.70 Å². The Morgan fingerprint density at radius 2 is 1.41 bits per heavy atom. The number of fused-ring (bicyclic) bond motifs is 1. The summed E-state index contributed by atoms with van der Waals surface area (Å²) in [4.78, 5) is 28.2. The number of hydrogen-bond acceptors (Lipinski definition) is 3. The number of rotatable bonds is 5. The highest BCUT2D eigenvalue weighted by Crippen LogP contribution is 2.33. The van der Waals surface area contributed by atoms with Crippen LogP contribution in [0.2, 0.25) is 5.02 Å². The number of carbonyl (C=O) groups excluding carboxylic acids is 2. The lowest BCUT2D eigenvalue weighted by Gasteiger charge is -2.16. The number of nitrogens with one attached hydrogen (secondary N) is 1. The molecule has 0 saturated carbocycles. The maximum absolute atomic E-state index is 13.5. The Balaban J connectivity index is 1.57. The number of halogens is 1. The van der Waals surface area contributed by atoms with Gasteiger partial charge in [-0.25, -0.2) is 0 Å². The predicted octanol–water partition coefficient (Wildman–Crippen LogP) is 5.89. The second-order valence-corrected chi connectivity index (χ2v) is 8.03. The third kappa shape index (κ3) is 3.66. The van der Waals surface area contributed by atoms with Gasteiger partial charge >= 0.3 is 0 Å². The highest BCUT2D eigenvalue weighted by molar-refractivity contribution is 6.36. The molecule has 32 heavy (non-hydrogen) atoms. The van der Waals surface area contributed by atoms with Crippen LogP contribution in [-0.2, 0) is 16.1 Å². The molecule has 0 aliphatic carbocycles. The third-order valence-corrected chi connectivity index (χ3v) is 5.79. The summed E-state index contributed by atoms with van der Waals surface area (Å²) in [7, 11) is 0.